The van der Waals surface area contributed by atoms with Crippen LogP contribution in [-0.2, 0) is 9.84 Å². The van der Waals surface area contributed by atoms with Crippen LogP contribution in [0.1, 0.15) is 48.0 Å². The number of nitrogens with one attached hydrogen (secondary N) is 1. The van der Waals surface area contributed by atoms with Crippen LogP contribution in [0.25, 0.3) is 0 Å². The Morgan fingerprint density at radius 2 is 1.50 bits per heavy atom. The van der Waals surface area contributed by atoms with E-state index in [1.165, 1.54) is 0 Å². The molecule has 1 saturated heterocycles. The first-order chi connectivity index (χ1) is 7.92. The van der Waals surface area contributed by atoms with E-state index in [-0.39, 0.29) is 11.3 Å². The lowest BCUT2D eigenvalue weighted by molar-refractivity contribution is 0.272. The summed E-state index contributed by atoms with van der Waals surface area (Å²) in [5.74, 6) is 1.08. The zero-order chi connectivity index (χ0) is 14.2. The monoisotopic (exact) mass is 275 g/mol. The molecule has 0 aromatic rings. The van der Waals surface area contributed by atoms with Gasteiger partial charge in [-0.15, -0.1) is 0 Å². The Kier molecular flexibility index (Phi) is 4.54. The van der Waals surface area contributed by atoms with Gasteiger partial charge in [-0.3, -0.25) is 0 Å². The number of hydrogen-bond acceptors (Lipinski definition) is 3. The fraction of sp³-hybridized carbons (Fsp3) is 1.00. The summed E-state index contributed by atoms with van der Waals surface area (Å²) < 4.78 is 23.9. The van der Waals surface area contributed by atoms with E-state index in [9.17, 15) is 8.42 Å². The highest BCUT2D eigenvalue weighted by molar-refractivity contribution is 7.92. The first kappa shape index (κ1) is 16.0. The first-order valence-electron chi connectivity index (χ1n) is 6.85. The maximum atomic E-state index is 12.3. The standard InChI is InChI=1S/C14H29NO2S/c1-13(2,3)7-11-8-15-9-12(11)10-18(16,17)14(4,5)6/h11-12,15H,7-10H2,1-6H3. The highest BCUT2D eigenvalue weighted by Crippen LogP contribution is 2.33. The summed E-state index contributed by atoms with van der Waals surface area (Å²) in [6.07, 6.45) is 1.09. The van der Waals surface area contributed by atoms with Crippen LogP contribution in [0, 0.1) is 17.3 Å². The summed E-state index contributed by atoms with van der Waals surface area (Å²) in [4.78, 5) is 0. The second-order valence-electron chi connectivity index (χ2n) is 7.84. The topological polar surface area (TPSA) is 46.2 Å². The molecule has 1 heterocycles. The van der Waals surface area contributed by atoms with Gasteiger partial charge in [0.25, 0.3) is 0 Å². The summed E-state index contributed by atoms with van der Waals surface area (Å²) in [5.41, 5.74) is 0.264. The third-order valence-corrected chi connectivity index (χ3v) is 6.45. The third kappa shape index (κ3) is 4.23. The van der Waals surface area contributed by atoms with E-state index in [1.54, 1.807) is 20.8 Å². The molecule has 1 aliphatic rings. The molecule has 1 fully saturated rings. The predicted molar refractivity (Wildman–Crippen MR) is 77.5 cm³/mol. The van der Waals surface area contributed by atoms with Gasteiger partial charge in [-0.2, -0.15) is 0 Å². The van der Waals surface area contributed by atoms with E-state index >= 15 is 0 Å². The van der Waals surface area contributed by atoms with Crippen LogP contribution in [0.4, 0.5) is 0 Å². The molecule has 1 aliphatic heterocycles. The van der Waals surface area contributed by atoms with Gasteiger partial charge in [0, 0.05) is 0 Å². The average molecular weight is 275 g/mol. The lowest BCUT2D eigenvalue weighted by Crippen LogP contribution is -2.35. The Bertz CT molecular complexity index is 374. The van der Waals surface area contributed by atoms with Crippen LogP contribution in [0.5, 0.6) is 0 Å². The summed E-state index contributed by atoms with van der Waals surface area (Å²) >= 11 is 0. The molecule has 0 radical (unpaired) electrons. The molecule has 0 aromatic heterocycles. The van der Waals surface area contributed by atoms with Crippen molar-refractivity contribution < 1.29 is 8.42 Å². The SMILES string of the molecule is CC(C)(C)CC1CNCC1CS(=O)(=O)C(C)(C)C. The van der Waals surface area contributed by atoms with Crippen LogP contribution >= 0.6 is 0 Å². The maximum absolute atomic E-state index is 12.3. The molecule has 0 aromatic carbocycles. The Morgan fingerprint density at radius 3 is 1.94 bits per heavy atom. The second kappa shape index (κ2) is 5.12. The smallest absolute Gasteiger partial charge is 0.155 e. The summed E-state index contributed by atoms with van der Waals surface area (Å²) in [6.45, 7) is 13.9. The molecule has 108 valence electrons. The van der Waals surface area contributed by atoms with Crippen molar-refractivity contribution in [3.8, 4) is 0 Å². The van der Waals surface area contributed by atoms with E-state index in [2.05, 4.69) is 26.1 Å². The lowest BCUT2D eigenvalue weighted by atomic mass is 9.81. The minimum atomic E-state index is -3.01. The van der Waals surface area contributed by atoms with E-state index in [4.69, 9.17) is 0 Å². The van der Waals surface area contributed by atoms with Gasteiger partial charge < -0.3 is 5.32 Å². The minimum Gasteiger partial charge on any atom is -0.316 e. The van der Waals surface area contributed by atoms with Crippen LogP contribution < -0.4 is 5.32 Å². The summed E-state index contributed by atoms with van der Waals surface area (Å²) in [6, 6.07) is 0. The van der Waals surface area contributed by atoms with Gasteiger partial charge in [0.2, 0.25) is 0 Å². The van der Waals surface area contributed by atoms with Crippen LogP contribution in [0.15, 0.2) is 0 Å². The van der Waals surface area contributed by atoms with Crippen molar-refractivity contribution in [2.75, 3.05) is 18.8 Å². The summed E-state index contributed by atoms with van der Waals surface area (Å²) in [5, 5.41) is 3.35. The molecule has 2 unspecified atom stereocenters. The highest BCUT2D eigenvalue weighted by atomic mass is 32.2. The lowest BCUT2D eigenvalue weighted by Gasteiger charge is -2.28. The Balaban J connectivity index is 2.73. The number of hydrogen-bond donors (Lipinski definition) is 1. The van der Waals surface area contributed by atoms with Gasteiger partial charge in [-0.1, -0.05) is 20.8 Å². The van der Waals surface area contributed by atoms with Crippen LogP contribution in [-0.4, -0.2) is 32.0 Å². The fourth-order valence-corrected chi connectivity index (χ4v) is 3.99. The Morgan fingerprint density at radius 1 is 1.00 bits per heavy atom. The maximum Gasteiger partial charge on any atom is 0.155 e. The predicted octanol–water partition coefficient (Wildman–Crippen LogP) is 2.47. The average Bonchev–Trinajstić information content (AvgIpc) is 2.46. The molecule has 1 rings (SSSR count). The molecule has 0 amide bonds. The van der Waals surface area contributed by atoms with E-state index in [0.717, 1.165) is 19.5 Å². The zero-order valence-electron chi connectivity index (χ0n) is 12.7. The molecular formula is C14H29NO2S. The van der Waals surface area contributed by atoms with Gasteiger partial charge >= 0.3 is 0 Å². The van der Waals surface area contributed by atoms with Crippen molar-refractivity contribution >= 4 is 9.84 Å². The van der Waals surface area contributed by atoms with Crippen molar-refractivity contribution in [2.45, 2.75) is 52.7 Å². The molecule has 0 saturated carbocycles. The van der Waals surface area contributed by atoms with Crippen LogP contribution in [0.3, 0.4) is 0 Å². The molecule has 1 N–H and O–H groups in total. The van der Waals surface area contributed by atoms with Crippen molar-refractivity contribution in [1.29, 1.82) is 0 Å². The van der Waals surface area contributed by atoms with E-state index < -0.39 is 14.6 Å². The molecule has 4 heteroatoms. The molecule has 2 atom stereocenters. The molecule has 3 nitrogen and oxygen atoms in total. The van der Waals surface area contributed by atoms with Gasteiger partial charge in [0.05, 0.1) is 10.5 Å². The van der Waals surface area contributed by atoms with Gasteiger partial charge in [0.15, 0.2) is 9.84 Å². The van der Waals surface area contributed by atoms with Crippen molar-refractivity contribution in [2.24, 2.45) is 17.3 Å². The minimum absolute atomic E-state index is 0.264. The number of sulfone groups is 1. The normalized spacial score (nSPS) is 26.6. The Labute approximate surface area is 113 Å². The third-order valence-electron chi connectivity index (χ3n) is 3.72. The highest BCUT2D eigenvalue weighted by Gasteiger charge is 2.37. The van der Waals surface area contributed by atoms with Crippen molar-refractivity contribution in [3.63, 3.8) is 0 Å². The van der Waals surface area contributed by atoms with Crippen molar-refractivity contribution in [1.82, 2.24) is 5.32 Å². The van der Waals surface area contributed by atoms with E-state index in [1.807, 2.05) is 0 Å². The van der Waals surface area contributed by atoms with E-state index in [0.29, 0.717) is 11.7 Å². The Hall–Kier alpha value is -0.0900. The zero-order valence-corrected chi connectivity index (χ0v) is 13.5. The molecule has 0 aliphatic carbocycles. The first-order valence-corrected chi connectivity index (χ1v) is 8.51. The largest absolute Gasteiger partial charge is 0.316 e. The quantitative estimate of drug-likeness (QED) is 0.860. The van der Waals surface area contributed by atoms with Crippen LogP contribution in [0.2, 0.25) is 0 Å². The van der Waals surface area contributed by atoms with Crippen molar-refractivity contribution in [3.05, 3.63) is 0 Å². The fourth-order valence-electron chi connectivity index (χ4n) is 2.54. The van der Waals surface area contributed by atoms with Gasteiger partial charge in [-0.05, 0) is 57.5 Å². The molecule has 18 heavy (non-hydrogen) atoms. The molecular weight excluding hydrogens is 246 g/mol. The van der Waals surface area contributed by atoms with Gasteiger partial charge in [-0.25, -0.2) is 8.42 Å². The number of rotatable bonds is 3. The van der Waals surface area contributed by atoms with Gasteiger partial charge in [0.1, 0.15) is 0 Å². The second-order valence-corrected chi connectivity index (χ2v) is 10.6. The molecule has 0 bridgehead atoms. The molecule has 0 spiro atoms. The summed E-state index contributed by atoms with van der Waals surface area (Å²) in [7, 11) is -3.01.